The number of hydrogen-bond acceptors (Lipinski definition) is 3. The van der Waals surface area contributed by atoms with Crippen LogP contribution in [-0.4, -0.2) is 9.97 Å². The van der Waals surface area contributed by atoms with E-state index in [4.69, 9.17) is 0 Å². The highest BCUT2D eigenvalue weighted by atomic mass is 19.2. The van der Waals surface area contributed by atoms with Gasteiger partial charge in [-0.1, -0.05) is 24.3 Å². The zero-order valence-electron chi connectivity index (χ0n) is 10.8. The molecule has 0 fully saturated rings. The molecule has 1 aromatic carbocycles. The molecule has 3 aromatic rings. The monoisotopic (exact) mass is 289 g/mol. The van der Waals surface area contributed by atoms with E-state index >= 15 is 0 Å². The summed E-state index contributed by atoms with van der Waals surface area (Å²) >= 11 is 0. The first kappa shape index (κ1) is 13.4. The summed E-state index contributed by atoms with van der Waals surface area (Å²) in [5.41, 5.74) is 1.56. The number of hydrogen-bond donors (Lipinski definition) is 1. The first-order chi connectivity index (χ1) is 10.1. The lowest BCUT2D eigenvalue weighted by Crippen LogP contribution is -2.06. The molecule has 0 spiro atoms. The van der Waals surface area contributed by atoms with Gasteiger partial charge < -0.3 is 5.32 Å². The van der Waals surface area contributed by atoms with E-state index in [1.54, 1.807) is 6.20 Å². The van der Waals surface area contributed by atoms with Crippen molar-refractivity contribution in [1.82, 2.24) is 9.97 Å². The predicted octanol–water partition coefficient (Wildman–Crippen LogP) is 3.66. The summed E-state index contributed by atoms with van der Waals surface area (Å²) in [6.45, 7) is 0.198. The van der Waals surface area contributed by atoms with Crippen LogP contribution in [0.15, 0.2) is 42.6 Å². The van der Waals surface area contributed by atoms with Crippen molar-refractivity contribution in [1.29, 1.82) is 0 Å². The number of aromatic nitrogens is 2. The molecular formula is C15H10F3N3. The SMILES string of the molecule is Fc1cc(F)c(NCc2cccc3cccnc23)nc1F. The summed E-state index contributed by atoms with van der Waals surface area (Å²) in [7, 11) is 0. The number of rotatable bonds is 3. The van der Waals surface area contributed by atoms with Crippen LogP contribution >= 0.6 is 0 Å². The van der Waals surface area contributed by atoms with Gasteiger partial charge in [-0.25, -0.2) is 8.78 Å². The second-order valence-corrected chi connectivity index (χ2v) is 4.44. The third-order valence-corrected chi connectivity index (χ3v) is 3.05. The van der Waals surface area contributed by atoms with Gasteiger partial charge in [-0.2, -0.15) is 9.37 Å². The van der Waals surface area contributed by atoms with Gasteiger partial charge in [0.1, 0.15) is 0 Å². The van der Waals surface area contributed by atoms with Crippen LogP contribution in [0.25, 0.3) is 10.9 Å². The van der Waals surface area contributed by atoms with Crippen LogP contribution in [0.4, 0.5) is 19.0 Å². The van der Waals surface area contributed by atoms with Crippen LogP contribution in [0.2, 0.25) is 0 Å². The molecule has 6 heteroatoms. The van der Waals surface area contributed by atoms with Gasteiger partial charge in [0.2, 0.25) is 0 Å². The number of pyridine rings is 2. The Morgan fingerprint density at radius 2 is 1.81 bits per heavy atom. The molecule has 1 N–H and O–H groups in total. The molecule has 106 valence electrons. The molecule has 0 aliphatic carbocycles. The summed E-state index contributed by atoms with van der Waals surface area (Å²) in [4.78, 5) is 7.48. The van der Waals surface area contributed by atoms with Gasteiger partial charge in [-0.15, -0.1) is 0 Å². The third kappa shape index (κ3) is 2.65. The van der Waals surface area contributed by atoms with E-state index in [0.29, 0.717) is 6.07 Å². The second kappa shape index (κ2) is 5.40. The highest BCUT2D eigenvalue weighted by Gasteiger charge is 2.11. The summed E-state index contributed by atoms with van der Waals surface area (Å²) < 4.78 is 39.3. The fourth-order valence-electron chi connectivity index (χ4n) is 2.06. The van der Waals surface area contributed by atoms with Crippen molar-refractivity contribution in [3.63, 3.8) is 0 Å². The Morgan fingerprint density at radius 1 is 1.00 bits per heavy atom. The van der Waals surface area contributed by atoms with Crippen LogP contribution in [0, 0.1) is 17.6 Å². The molecule has 0 saturated heterocycles. The Kier molecular flexibility index (Phi) is 3.43. The summed E-state index contributed by atoms with van der Waals surface area (Å²) in [5.74, 6) is -3.93. The molecule has 0 radical (unpaired) electrons. The molecule has 0 saturated carbocycles. The van der Waals surface area contributed by atoms with Crippen LogP contribution < -0.4 is 5.32 Å². The molecule has 21 heavy (non-hydrogen) atoms. The van der Waals surface area contributed by atoms with E-state index in [9.17, 15) is 13.2 Å². The minimum Gasteiger partial charge on any atom is -0.363 e. The number of halogens is 3. The minimum atomic E-state index is -1.34. The quantitative estimate of drug-likeness (QED) is 0.748. The van der Waals surface area contributed by atoms with Crippen molar-refractivity contribution < 1.29 is 13.2 Å². The Bertz CT molecular complexity index is 800. The summed E-state index contributed by atoms with van der Waals surface area (Å²) in [6.07, 6.45) is 1.65. The number of nitrogens with zero attached hydrogens (tertiary/aromatic N) is 2. The first-order valence-electron chi connectivity index (χ1n) is 6.23. The van der Waals surface area contributed by atoms with E-state index in [0.717, 1.165) is 16.5 Å². The highest BCUT2D eigenvalue weighted by molar-refractivity contribution is 5.81. The average molecular weight is 289 g/mol. The Hall–Kier alpha value is -2.63. The van der Waals surface area contributed by atoms with Crippen LogP contribution in [0.1, 0.15) is 5.56 Å². The number of nitrogens with one attached hydrogen (secondary N) is 1. The van der Waals surface area contributed by atoms with Crippen molar-refractivity contribution in [3.8, 4) is 0 Å². The second-order valence-electron chi connectivity index (χ2n) is 4.44. The van der Waals surface area contributed by atoms with Crippen LogP contribution in [-0.2, 0) is 6.54 Å². The third-order valence-electron chi connectivity index (χ3n) is 3.05. The number of anilines is 1. The number of fused-ring (bicyclic) bond motifs is 1. The lowest BCUT2D eigenvalue weighted by atomic mass is 10.1. The molecule has 0 atom stereocenters. The van der Waals surface area contributed by atoms with Gasteiger partial charge in [-0.3, -0.25) is 4.98 Å². The van der Waals surface area contributed by atoms with Crippen molar-refractivity contribution in [2.75, 3.05) is 5.32 Å². The highest BCUT2D eigenvalue weighted by Crippen LogP contribution is 2.19. The lowest BCUT2D eigenvalue weighted by molar-refractivity contribution is 0.466. The topological polar surface area (TPSA) is 37.8 Å². The van der Waals surface area contributed by atoms with Gasteiger partial charge in [0, 0.05) is 24.2 Å². The average Bonchev–Trinajstić information content (AvgIpc) is 2.49. The number of benzene rings is 1. The van der Waals surface area contributed by atoms with Gasteiger partial charge >= 0.3 is 0 Å². The molecule has 2 aromatic heterocycles. The molecular weight excluding hydrogens is 279 g/mol. The van der Waals surface area contributed by atoms with Crippen LogP contribution in [0.3, 0.4) is 0 Å². The molecule has 3 rings (SSSR count). The summed E-state index contributed by atoms with van der Waals surface area (Å²) in [5, 5.41) is 3.60. The van der Waals surface area contributed by atoms with E-state index < -0.39 is 17.6 Å². The normalized spacial score (nSPS) is 10.8. The van der Waals surface area contributed by atoms with E-state index in [-0.39, 0.29) is 12.4 Å². The predicted molar refractivity (Wildman–Crippen MR) is 73.2 cm³/mol. The molecule has 0 bridgehead atoms. The Balaban J connectivity index is 1.89. The Morgan fingerprint density at radius 3 is 2.67 bits per heavy atom. The maximum atomic E-state index is 13.5. The van der Waals surface area contributed by atoms with Crippen molar-refractivity contribution >= 4 is 16.7 Å². The van der Waals surface area contributed by atoms with Gasteiger partial charge in [0.05, 0.1) is 5.52 Å². The lowest BCUT2D eigenvalue weighted by Gasteiger charge is -2.09. The van der Waals surface area contributed by atoms with E-state index in [2.05, 4.69) is 15.3 Å². The Labute approximate surface area is 118 Å². The number of para-hydroxylation sites is 1. The largest absolute Gasteiger partial charge is 0.363 e. The zero-order valence-corrected chi connectivity index (χ0v) is 10.8. The maximum absolute atomic E-state index is 13.5. The van der Waals surface area contributed by atoms with Crippen molar-refractivity contribution in [2.24, 2.45) is 0 Å². The van der Waals surface area contributed by atoms with Gasteiger partial charge in [0.15, 0.2) is 17.5 Å². The smallest absolute Gasteiger partial charge is 0.251 e. The molecule has 2 heterocycles. The fourth-order valence-corrected chi connectivity index (χ4v) is 2.06. The first-order valence-corrected chi connectivity index (χ1v) is 6.23. The van der Waals surface area contributed by atoms with E-state index in [1.165, 1.54) is 0 Å². The molecule has 0 unspecified atom stereocenters. The standard InChI is InChI=1S/C15H10F3N3/c16-11-7-12(17)15(21-14(11)18)20-8-10-4-1-3-9-5-2-6-19-13(9)10/h1-7H,8H2,(H,20,21). The zero-order chi connectivity index (χ0) is 14.8. The fraction of sp³-hybridized carbons (Fsp3) is 0.0667. The molecule has 0 aliphatic heterocycles. The molecule has 0 amide bonds. The minimum absolute atomic E-state index is 0.198. The van der Waals surface area contributed by atoms with Gasteiger partial charge in [0.25, 0.3) is 5.95 Å². The van der Waals surface area contributed by atoms with Crippen molar-refractivity contribution in [3.05, 3.63) is 65.7 Å². The van der Waals surface area contributed by atoms with Crippen LogP contribution in [0.5, 0.6) is 0 Å². The maximum Gasteiger partial charge on any atom is 0.251 e. The summed E-state index contributed by atoms with van der Waals surface area (Å²) in [6, 6.07) is 9.75. The molecule has 3 nitrogen and oxygen atoms in total. The van der Waals surface area contributed by atoms with Gasteiger partial charge in [-0.05, 0) is 11.6 Å². The van der Waals surface area contributed by atoms with Crippen molar-refractivity contribution in [2.45, 2.75) is 6.54 Å². The molecule has 0 aliphatic rings. The van der Waals surface area contributed by atoms with E-state index in [1.807, 2.05) is 30.3 Å².